The van der Waals surface area contributed by atoms with Gasteiger partial charge in [-0.2, -0.15) is 0 Å². The first-order valence-electron chi connectivity index (χ1n) is 28.2. The molecule has 1 aromatic heterocycles. The molecule has 1 aliphatic carbocycles. The molecule has 0 aliphatic heterocycles. The summed E-state index contributed by atoms with van der Waals surface area (Å²) in [5, 5.41) is 2.38. The Morgan fingerprint density at radius 3 is 1.32 bits per heavy atom. The van der Waals surface area contributed by atoms with Crippen molar-refractivity contribution >= 4 is 50.2 Å². The van der Waals surface area contributed by atoms with Gasteiger partial charge in [0.1, 0.15) is 5.54 Å². The van der Waals surface area contributed by atoms with E-state index in [4.69, 9.17) is 0 Å². The van der Waals surface area contributed by atoms with E-state index >= 15 is 0 Å². The summed E-state index contributed by atoms with van der Waals surface area (Å²) < 4.78 is 2.53. The molecule has 13 aromatic carbocycles. The Balaban J connectivity index is 1.02. The van der Waals surface area contributed by atoms with Crippen LogP contribution in [0.25, 0.3) is 83.1 Å². The highest BCUT2D eigenvalue weighted by atomic mass is 15.2. The number of hydrogen-bond acceptors (Lipinski definition) is 2. The van der Waals surface area contributed by atoms with E-state index in [1.165, 1.54) is 44.2 Å². The summed E-state index contributed by atoms with van der Waals surface area (Å²) in [4.78, 5) is 5.08. The van der Waals surface area contributed by atoms with Crippen molar-refractivity contribution in [2.45, 2.75) is 5.54 Å². The van der Waals surface area contributed by atoms with Gasteiger partial charge in [-0.25, -0.2) is 0 Å². The molecule has 386 valence electrons. The second-order valence-corrected chi connectivity index (χ2v) is 21.2. The van der Waals surface area contributed by atoms with Gasteiger partial charge in [0.15, 0.2) is 0 Å². The summed E-state index contributed by atoms with van der Waals surface area (Å²) in [6, 6.07) is 122. The van der Waals surface area contributed by atoms with Crippen molar-refractivity contribution in [1.29, 1.82) is 0 Å². The second-order valence-electron chi connectivity index (χ2n) is 21.2. The van der Waals surface area contributed by atoms with Crippen molar-refractivity contribution in [3.05, 3.63) is 350 Å². The Bertz CT molecular complexity index is 4560. The minimum Gasteiger partial charge on any atom is -0.323 e. The molecule has 1 heterocycles. The molecule has 15 rings (SSSR count). The number of fused-ring (bicyclic) bond motifs is 6. The van der Waals surface area contributed by atoms with Gasteiger partial charge < -0.3 is 14.4 Å². The van der Waals surface area contributed by atoms with Gasteiger partial charge in [0.25, 0.3) is 0 Å². The zero-order valence-corrected chi connectivity index (χ0v) is 45.1. The largest absolute Gasteiger partial charge is 0.323 e. The van der Waals surface area contributed by atoms with Crippen molar-refractivity contribution in [1.82, 2.24) is 4.57 Å². The van der Waals surface area contributed by atoms with E-state index in [2.05, 4.69) is 348 Å². The number of benzene rings is 13. The van der Waals surface area contributed by atoms with E-state index in [-0.39, 0.29) is 0 Å². The highest BCUT2D eigenvalue weighted by Crippen LogP contribution is 2.59. The molecule has 0 amide bonds. The van der Waals surface area contributed by atoms with Crippen LogP contribution >= 0.6 is 0 Å². The number of para-hydroxylation sites is 3. The molecular formula is C79H55N3. The van der Waals surface area contributed by atoms with Crippen LogP contribution in [0.5, 0.6) is 0 Å². The first-order valence-corrected chi connectivity index (χ1v) is 28.2. The fourth-order valence-corrected chi connectivity index (χ4v) is 13.0. The van der Waals surface area contributed by atoms with Gasteiger partial charge in [-0.15, -0.1) is 0 Å². The molecule has 0 saturated heterocycles. The fraction of sp³-hybridized carbons (Fsp3) is 0.0127. The maximum Gasteiger partial charge on any atom is 0.122 e. The van der Waals surface area contributed by atoms with Gasteiger partial charge >= 0.3 is 0 Å². The number of rotatable bonds is 12. The molecule has 0 radical (unpaired) electrons. The zero-order chi connectivity index (χ0) is 54.4. The predicted molar refractivity (Wildman–Crippen MR) is 344 cm³/mol. The standard InChI is InChI=1S/C79H55N3/c1-7-26-56(27-8-1)60-34-23-40-64(52-60)80(66-49-51-73-72-43-20-22-47-76(72)81(77(73)55-66)78-68(58-30-11-3-12-31-58)44-25-45-69(78)59-32-13-4-14-33-59)65-48-50-71-70-42-19-21-46-74(70)79(75(71)54-65,62-36-15-5-16-37-62)82(63-38-17-6-18-39-63)67-41-24-35-61(53-67)57-28-9-2-10-29-57/h1-55H. The monoisotopic (exact) mass is 1050 g/mol. The van der Waals surface area contributed by atoms with E-state index in [1.807, 2.05) is 0 Å². The summed E-state index contributed by atoms with van der Waals surface area (Å²) in [5.74, 6) is 0. The average molecular weight is 1050 g/mol. The van der Waals surface area contributed by atoms with Crippen LogP contribution in [-0.4, -0.2) is 4.57 Å². The third-order valence-corrected chi connectivity index (χ3v) is 16.6. The van der Waals surface area contributed by atoms with Crippen LogP contribution in [0.3, 0.4) is 0 Å². The second kappa shape index (κ2) is 20.5. The van der Waals surface area contributed by atoms with Crippen LogP contribution in [-0.2, 0) is 5.54 Å². The summed E-state index contributed by atoms with van der Waals surface area (Å²) in [6.07, 6.45) is 0. The van der Waals surface area contributed by atoms with Crippen molar-refractivity contribution in [3.63, 3.8) is 0 Å². The molecule has 82 heavy (non-hydrogen) atoms. The Morgan fingerprint density at radius 2 is 0.671 bits per heavy atom. The normalized spacial score (nSPS) is 13.4. The lowest BCUT2D eigenvalue weighted by molar-refractivity contribution is 0.644. The van der Waals surface area contributed by atoms with E-state index in [0.717, 1.165) is 84.1 Å². The van der Waals surface area contributed by atoms with Gasteiger partial charge in [0.2, 0.25) is 0 Å². The lowest BCUT2D eigenvalue weighted by Crippen LogP contribution is -2.44. The van der Waals surface area contributed by atoms with Crippen LogP contribution < -0.4 is 9.80 Å². The number of anilines is 5. The lowest BCUT2D eigenvalue weighted by Gasteiger charge is -2.45. The van der Waals surface area contributed by atoms with Gasteiger partial charge in [-0.1, -0.05) is 267 Å². The van der Waals surface area contributed by atoms with E-state index in [1.54, 1.807) is 0 Å². The van der Waals surface area contributed by atoms with Crippen LogP contribution in [0.15, 0.2) is 334 Å². The van der Waals surface area contributed by atoms with Crippen LogP contribution in [0, 0.1) is 0 Å². The third-order valence-electron chi connectivity index (χ3n) is 16.6. The maximum absolute atomic E-state index is 2.60. The van der Waals surface area contributed by atoms with E-state index < -0.39 is 5.54 Å². The highest BCUT2D eigenvalue weighted by molar-refractivity contribution is 6.12. The molecule has 0 bridgehead atoms. The smallest absolute Gasteiger partial charge is 0.122 e. The van der Waals surface area contributed by atoms with Gasteiger partial charge in [-0.05, 0) is 128 Å². The topological polar surface area (TPSA) is 11.4 Å². The molecule has 0 saturated carbocycles. The molecule has 1 unspecified atom stereocenters. The predicted octanol–water partition coefficient (Wildman–Crippen LogP) is 21.0. The molecule has 3 nitrogen and oxygen atoms in total. The Labute approximate surface area is 479 Å². The van der Waals surface area contributed by atoms with Crippen molar-refractivity contribution in [2.24, 2.45) is 0 Å². The molecule has 0 fully saturated rings. The molecular weight excluding hydrogens is 991 g/mol. The maximum atomic E-state index is 2.60. The first kappa shape index (κ1) is 48.4. The summed E-state index contributed by atoms with van der Waals surface area (Å²) in [6.45, 7) is 0. The van der Waals surface area contributed by atoms with Crippen molar-refractivity contribution in [3.8, 4) is 61.3 Å². The van der Waals surface area contributed by atoms with Crippen LogP contribution in [0.1, 0.15) is 16.7 Å². The fourth-order valence-electron chi connectivity index (χ4n) is 13.0. The van der Waals surface area contributed by atoms with Crippen molar-refractivity contribution in [2.75, 3.05) is 9.80 Å². The summed E-state index contributed by atoms with van der Waals surface area (Å²) in [7, 11) is 0. The molecule has 14 aromatic rings. The van der Waals surface area contributed by atoms with Gasteiger partial charge in [0, 0.05) is 50.3 Å². The van der Waals surface area contributed by atoms with E-state index in [0.29, 0.717) is 0 Å². The Morgan fingerprint density at radius 1 is 0.244 bits per heavy atom. The Hall–Kier alpha value is -10.7. The minimum absolute atomic E-state index is 0.844. The number of hydrogen-bond donors (Lipinski definition) is 0. The van der Waals surface area contributed by atoms with E-state index in [9.17, 15) is 0 Å². The molecule has 0 N–H and O–H groups in total. The van der Waals surface area contributed by atoms with Crippen LogP contribution in [0.4, 0.5) is 28.4 Å². The number of aromatic nitrogens is 1. The van der Waals surface area contributed by atoms with Crippen molar-refractivity contribution < 1.29 is 0 Å². The Kier molecular flexibility index (Phi) is 12.1. The van der Waals surface area contributed by atoms with Gasteiger partial charge in [0.05, 0.1) is 16.7 Å². The van der Waals surface area contributed by atoms with Crippen LogP contribution in [0.2, 0.25) is 0 Å². The number of nitrogens with zero attached hydrogens (tertiary/aromatic N) is 3. The quantitative estimate of drug-likeness (QED) is 0.121. The highest BCUT2D eigenvalue weighted by Gasteiger charge is 2.50. The lowest BCUT2D eigenvalue weighted by atomic mass is 9.78. The summed E-state index contributed by atoms with van der Waals surface area (Å²) >= 11 is 0. The van der Waals surface area contributed by atoms with Gasteiger partial charge in [-0.3, -0.25) is 0 Å². The molecule has 0 spiro atoms. The first-order chi connectivity index (χ1) is 40.7. The summed E-state index contributed by atoms with van der Waals surface area (Å²) in [5.41, 5.74) is 23.1. The average Bonchev–Trinajstić information content (AvgIpc) is 2.98. The molecule has 1 atom stereocenters. The molecule has 1 aliphatic rings. The SMILES string of the molecule is c1ccc(-c2cccc(N(c3ccc4c(c3)C(c3ccccc3)(N(c3ccccc3)c3cccc(-c5ccccc5)c3)c3ccccc3-4)c3ccc4c5ccccc5n(-c5c(-c6ccccc6)cccc5-c5ccccc5)c4c3)c2)cc1. The molecule has 3 heteroatoms. The zero-order valence-electron chi connectivity index (χ0n) is 45.1. The minimum atomic E-state index is -0.844. The third kappa shape index (κ3) is 8.13.